The third kappa shape index (κ3) is 4.50. The van der Waals surface area contributed by atoms with E-state index in [9.17, 15) is 10.1 Å². The topological polar surface area (TPSA) is 90.9 Å². The van der Waals surface area contributed by atoms with Crippen LogP contribution in [0.15, 0.2) is 36.7 Å². The molecule has 40 heavy (non-hydrogen) atoms. The number of carbonyl (C=O) groups is 1. The molecule has 7 rings (SSSR count). The fraction of sp³-hybridized carbons (Fsp3) is 0.531. The molecule has 0 radical (unpaired) electrons. The van der Waals surface area contributed by atoms with Crippen LogP contribution in [0.1, 0.15) is 90.1 Å². The number of carbonyl (C=O) groups excluding carboxylic acids is 1. The van der Waals surface area contributed by atoms with Gasteiger partial charge in [0.05, 0.1) is 18.3 Å². The van der Waals surface area contributed by atoms with E-state index in [1.54, 1.807) is 6.33 Å². The summed E-state index contributed by atoms with van der Waals surface area (Å²) in [7, 11) is 1.96. The van der Waals surface area contributed by atoms with Gasteiger partial charge in [-0.3, -0.25) is 14.7 Å². The van der Waals surface area contributed by atoms with Gasteiger partial charge < -0.3 is 9.47 Å². The Morgan fingerprint density at radius 3 is 2.75 bits per heavy atom. The first-order valence-corrected chi connectivity index (χ1v) is 14.8. The van der Waals surface area contributed by atoms with Crippen LogP contribution in [0.5, 0.6) is 0 Å². The van der Waals surface area contributed by atoms with Gasteiger partial charge in [-0.25, -0.2) is 0 Å². The number of hydrogen-bond acceptors (Lipinski definition) is 6. The molecule has 0 spiro atoms. The van der Waals surface area contributed by atoms with Crippen molar-refractivity contribution in [2.24, 2.45) is 18.9 Å². The zero-order valence-electron chi connectivity index (χ0n) is 23.5. The zero-order chi connectivity index (χ0) is 27.4. The average Bonchev–Trinajstić information content (AvgIpc) is 3.62. The van der Waals surface area contributed by atoms with E-state index in [0.29, 0.717) is 18.4 Å². The largest absolute Gasteiger partial charge is 0.321 e. The van der Waals surface area contributed by atoms with Crippen LogP contribution in [-0.2, 0) is 32.0 Å². The van der Waals surface area contributed by atoms with Crippen molar-refractivity contribution in [2.75, 3.05) is 18.0 Å². The standard InChI is InChI=1S/C32H37N7O/c1-21-5-4-10-38(17-21)18-25-12-27-28(30(35-25)23-8-9-23)19-39(31(27)40)26-7-3-6-24(11-26)32(13-22(14-32)16-33)15-29-36-34-20-37(29)2/h3,6-7,11-12,20-23H,4-5,8-10,13-15,17-19H2,1-2H3/t21-,22-,32-/m0/s1. The second-order valence-electron chi connectivity index (χ2n) is 12.8. The van der Waals surface area contributed by atoms with Gasteiger partial charge in [0.15, 0.2) is 0 Å². The molecular formula is C32H37N7O. The summed E-state index contributed by atoms with van der Waals surface area (Å²) in [6.45, 7) is 5.94. The monoisotopic (exact) mass is 535 g/mol. The number of likely N-dealkylation sites (tertiary alicyclic amines) is 1. The molecule has 4 aliphatic rings. The Balaban J connectivity index is 1.18. The van der Waals surface area contributed by atoms with Gasteiger partial charge in [-0.2, -0.15) is 5.26 Å². The number of amides is 1. The van der Waals surface area contributed by atoms with Crippen molar-refractivity contribution in [2.45, 2.75) is 76.3 Å². The first kappa shape index (κ1) is 25.4. The molecule has 2 aliphatic carbocycles. The van der Waals surface area contributed by atoms with Crippen molar-refractivity contribution in [1.82, 2.24) is 24.6 Å². The summed E-state index contributed by atoms with van der Waals surface area (Å²) in [5.41, 5.74) is 6.07. The van der Waals surface area contributed by atoms with Gasteiger partial charge in [0.1, 0.15) is 12.2 Å². The van der Waals surface area contributed by atoms with Crippen molar-refractivity contribution < 1.29 is 4.79 Å². The minimum absolute atomic E-state index is 0.0445. The molecule has 4 heterocycles. The van der Waals surface area contributed by atoms with Crippen LogP contribution in [0.4, 0.5) is 5.69 Å². The van der Waals surface area contributed by atoms with Crippen molar-refractivity contribution >= 4 is 11.6 Å². The molecule has 0 unspecified atom stereocenters. The smallest absolute Gasteiger partial charge is 0.259 e. The fourth-order valence-electron chi connectivity index (χ4n) is 7.25. The number of fused-ring (bicyclic) bond motifs is 1. The molecular weight excluding hydrogens is 498 g/mol. The summed E-state index contributed by atoms with van der Waals surface area (Å²) >= 11 is 0. The van der Waals surface area contributed by atoms with Crippen LogP contribution in [0.3, 0.4) is 0 Å². The molecule has 2 aromatic heterocycles. The predicted octanol–water partition coefficient (Wildman–Crippen LogP) is 4.89. The Labute approximate surface area is 236 Å². The number of rotatable bonds is 7. The summed E-state index contributed by atoms with van der Waals surface area (Å²) in [6.07, 6.45) is 8.91. The number of piperidine rings is 1. The lowest BCUT2D eigenvalue weighted by Crippen LogP contribution is -2.43. The number of anilines is 1. The third-order valence-electron chi connectivity index (χ3n) is 9.62. The highest BCUT2D eigenvalue weighted by atomic mass is 16.2. The minimum atomic E-state index is -0.174. The van der Waals surface area contributed by atoms with E-state index in [2.05, 4.69) is 52.4 Å². The molecule has 3 fully saturated rings. The molecule has 0 bridgehead atoms. The van der Waals surface area contributed by atoms with Gasteiger partial charge in [-0.15, -0.1) is 10.2 Å². The highest BCUT2D eigenvalue weighted by Gasteiger charge is 2.47. The number of nitrogens with zero attached hydrogens (tertiary/aromatic N) is 7. The maximum Gasteiger partial charge on any atom is 0.259 e. The average molecular weight is 536 g/mol. The molecule has 2 aliphatic heterocycles. The van der Waals surface area contributed by atoms with Gasteiger partial charge in [-0.05, 0) is 74.8 Å². The molecule has 1 amide bonds. The third-order valence-corrected chi connectivity index (χ3v) is 9.62. The molecule has 1 saturated heterocycles. The van der Waals surface area contributed by atoms with Gasteiger partial charge in [0.25, 0.3) is 5.91 Å². The quantitative estimate of drug-likeness (QED) is 0.428. The molecule has 0 N–H and O–H groups in total. The maximum absolute atomic E-state index is 14.0. The molecule has 206 valence electrons. The summed E-state index contributed by atoms with van der Waals surface area (Å²) in [6, 6.07) is 13.0. The molecule has 8 heteroatoms. The van der Waals surface area contributed by atoms with Crippen molar-refractivity contribution in [3.63, 3.8) is 0 Å². The Kier molecular flexibility index (Phi) is 6.23. The molecule has 1 aromatic carbocycles. The normalized spacial score (nSPS) is 26.4. The van der Waals surface area contributed by atoms with Crippen LogP contribution in [-0.4, -0.2) is 43.6 Å². The van der Waals surface area contributed by atoms with Crippen LogP contribution in [0.25, 0.3) is 0 Å². The van der Waals surface area contributed by atoms with Gasteiger partial charge in [-0.1, -0.05) is 19.1 Å². The predicted molar refractivity (Wildman–Crippen MR) is 152 cm³/mol. The SMILES string of the molecule is C[C@H]1CCCN(Cc2cc3c(c(C4CC4)n2)CN(c2cccc([C@]4(Cc5nncn5C)C[C@@H](C#N)C4)c2)C3=O)C1. The Hall–Kier alpha value is -3.57. The summed E-state index contributed by atoms with van der Waals surface area (Å²) in [5, 5.41) is 18.0. The van der Waals surface area contributed by atoms with E-state index < -0.39 is 0 Å². The fourth-order valence-corrected chi connectivity index (χ4v) is 7.25. The Morgan fingerprint density at radius 1 is 1.18 bits per heavy atom. The van der Waals surface area contributed by atoms with Crippen molar-refractivity contribution in [1.29, 1.82) is 5.26 Å². The molecule has 8 nitrogen and oxygen atoms in total. The van der Waals surface area contributed by atoms with Gasteiger partial charge >= 0.3 is 0 Å². The van der Waals surface area contributed by atoms with Gasteiger partial charge in [0.2, 0.25) is 0 Å². The second kappa shape index (κ2) is 9.81. The van der Waals surface area contributed by atoms with E-state index in [0.717, 1.165) is 85.8 Å². The van der Waals surface area contributed by atoms with Crippen LogP contribution in [0, 0.1) is 23.2 Å². The highest BCUT2D eigenvalue weighted by Crippen LogP contribution is 2.50. The summed E-state index contributed by atoms with van der Waals surface area (Å²) in [5.74, 6) is 2.24. The lowest BCUT2D eigenvalue weighted by molar-refractivity contribution is 0.0996. The molecule has 2 saturated carbocycles. The van der Waals surface area contributed by atoms with Crippen molar-refractivity contribution in [3.05, 3.63) is 70.6 Å². The maximum atomic E-state index is 14.0. The number of aromatic nitrogens is 4. The van der Waals surface area contributed by atoms with E-state index in [4.69, 9.17) is 4.98 Å². The van der Waals surface area contributed by atoms with E-state index in [1.165, 1.54) is 18.4 Å². The Bertz CT molecular complexity index is 1490. The minimum Gasteiger partial charge on any atom is -0.321 e. The van der Waals surface area contributed by atoms with Crippen LogP contribution < -0.4 is 4.90 Å². The summed E-state index contributed by atoms with van der Waals surface area (Å²) < 4.78 is 1.96. The first-order valence-electron chi connectivity index (χ1n) is 14.8. The van der Waals surface area contributed by atoms with E-state index in [1.807, 2.05) is 22.6 Å². The molecule has 3 aromatic rings. The number of nitriles is 1. The lowest BCUT2D eigenvalue weighted by atomic mass is 9.57. The number of benzene rings is 1. The number of pyridine rings is 1. The zero-order valence-corrected chi connectivity index (χ0v) is 23.5. The lowest BCUT2D eigenvalue weighted by Gasteiger charge is -2.45. The molecule has 1 atom stereocenters. The van der Waals surface area contributed by atoms with Crippen LogP contribution >= 0.6 is 0 Å². The van der Waals surface area contributed by atoms with Crippen molar-refractivity contribution in [3.8, 4) is 6.07 Å². The highest BCUT2D eigenvalue weighted by molar-refractivity contribution is 6.10. The van der Waals surface area contributed by atoms with Gasteiger partial charge in [0, 0.05) is 66.3 Å². The summed E-state index contributed by atoms with van der Waals surface area (Å²) in [4.78, 5) is 23.6. The van der Waals surface area contributed by atoms with E-state index >= 15 is 0 Å². The first-order chi connectivity index (χ1) is 19.4. The second-order valence-corrected chi connectivity index (χ2v) is 12.8. The number of aryl methyl sites for hydroxylation is 1. The van der Waals surface area contributed by atoms with Crippen LogP contribution in [0.2, 0.25) is 0 Å². The van der Waals surface area contributed by atoms with E-state index in [-0.39, 0.29) is 17.2 Å². The number of hydrogen-bond donors (Lipinski definition) is 0. The Morgan fingerprint density at radius 2 is 2.02 bits per heavy atom.